The van der Waals surface area contributed by atoms with Crippen molar-refractivity contribution in [3.8, 4) is 0 Å². The second-order valence-corrected chi connectivity index (χ2v) is 5.84. The van der Waals surface area contributed by atoms with Gasteiger partial charge < -0.3 is 5.73 Å². The van der Waals surface area contributed by atoms with Crippen LogP contribution in [0.3, 0.4) is 0 Å². The van der Waals surface area contributed by atoms with Gasteiger partial charge in [0.1, 0.15) is 12.2 Å². The lowest BCUT2D eigenvalue weighted by atomic mass is 10.2. The summed E-state index contributed by atoms with van der Waals surface area (Å²) >= 11 is 2.04. The van der Waals surface area contributed by atoms with Crippen LogP contribution in [-0.2, 0) is 13.5 Å². The number of thioether (sulfide) groups is 1. The molecule has 4 nitrogen and oxygen atoms in total. The fourth-order valence-electron chi connectivity index (χ4n) is 2.11. The maximum atomic E-state index is 6.11. The van der Waals surface area contributed by atoms with Crippen LogP contribution in [0.4, 0.5) is 0 Å². The SMILES string of the molecule is Cn1ncnc1CC(N)CSC1CCCC1. The maximum Gasteiger partial charge on any atom is 0.138 e. The summed E-state index contributed by atoms with van der Waals surface area (Å²) in [6, 6.07) is 0.202. The third-order valence-electron chi connectivity index (χ3n) is 3.10. The summed E-state index contributed by atoms with van der Waals surface area (Å²) in [4.78, 5) is 4.20. The molecular weight excluding hydrogens is 220 g/mol. The number of aryl methyl sites for hydroxylation is 1. The Kier molecular flexibility index (Phi) is 4.23. The van der Waals surface area contributed by atoms with Crippen LogP contribution in [0.25, 0.3) is 0 Å². The molecular formula is C11H20N4S. The molecule has 1 unspecified atom stereocenters. The Bertz CT molecular complexity index is 320. The van der Waals surface area contributed by atoms with Crippen LogP contribution in [0.15, 0.2) is 6.33 Å². The molecule has 0 radical (unpaired) electrons. The molecule has 2 N–H and O–H groups in total. The predicted molar refractivity (Wildman–Crippen MR) is 67.4 cm³/mol. The second-order valence-electron chi connectivity index (χ2n) is 4.50. The summed E-state index contributed by atoms with van der Waals surface area (Å²) in [5.74, 6) is 2.02. The summed E-state index contributed by atoms with van der Waals surface area (Å²) in [7, 11) is 1.92. The Morgan fingerprint density at radius 3 is 2.94 bits per heavy atom. The van der Waals surface area contributed by atoms with Crippen molar-refractivity contribution in [2.24, 2.45) is 12.8 Å². The minimum atomic E-state index is 0.202. The molecule has 1 aliphatic rings. The van der Waals surface area contributed by atoms with E-state index in [4.69, 9.17) is 5.73 Å². The highest BCUT2D eigenvalue weighted by Crippen LogP contribution is 2.29. The van der Waals surface area contributed by atoms with E-state index < -0.39 is 0 Å². The lowest BCUT2D eigenvalue weighted by molar-refractivity contribution is 0.642. The van der Waals surface area contributed by atoms with Crippen molar-refractivity contribution >= 4 is 11.8 Å². The molecule has 2 rings (SSSR count). The summed E-state index contributed by atoms with van der Waals surface area (Å²) in [6.45, 7) is 0. The van der Waals surface area contributed by atoms with Gasteiger partial charge in [0.15, 0.2) is 0 Å². The highest BCUT2D eigenvalue weighted by Gasteiger charge is 2.17. The van der Waals surface area contributed by atoms with Crippen molar-refractivity contribution in [3.05, 3.63) is 12.2 Å². The van der Waals surface area contributed by atoms with Gasteiger partial charge in [0.25, 0.3) is 0 Å². The third-order valence-corrected chi connectivity index (χ3v) is 4.66. The highest BCUT2D eigenvalue weighted by molar-refractivity contribution is 7.99. The van der Waals surface area contributed by atoms with Gasteiger partial charge >= 0.3 is 0 Å². The van der Waals surface area contributed by atoms with Gasteiger partial charge in [-0.3, -0.25) is 4.68 Å². The van der Waals surface area contributed by atoms with Crippen molar-refractivity contribution in [2.75, 3.05) is 5.75 Å². The van der Waals surface area contributed by atoms with Crippen molar-refractivity contribution in [2.45, 2.75) is 43.4 Å². The van der Waals surface area contributed by atoms with Crippen LogP contribution < -0.4 is 5.73 Å². The van der Waals surface area contributed by atoms with Crippen LogP contribution in [0.1, 0.15) is 31.5 Å². The van der Waals surface area contributed by atoms with E-state index in [0.717, 1.165) is 23.2 Å². The average Bonchev–Trinajstić information content (AvgIpc) is 2.88. The van der Waals surface area contributed by atoms with Crippen molar-refractivity contribution < 1.29 is 0 Å². The van der Waals surface area contributed by atoms with Crippen molar-refractivity contribution in [1.82, 2.24) is 14.8 Å². The number of aromatic nitrogens is 3. The minimum Gasteiger partial charge on any atom is -0.327 e. The zero-order valence-electron chi connectivity index (χ0n) is 9.80. The van der Waals surface area contributed by atoms with E-state index in [2.05, 4.69) is 10.1 Å². The molecule has 1 atom stereocenters. The Labute approximate surface area is 101 Å². The topological polar surface area (TPSA) is 56.7 Å². The molecule has 1 fully saturated rings. The summed E-state index contributed by atoms with van der Waals surface area (Å²) in [5.41, 5.74) is 6.11. The van der Waals surface area contributed by atoms with Crippen molar-refractivity contribution in [1.29, 1.82) is 0 Å². The van der Waals surface area contributed by atoms with Gasteiger partial charge in [-0.2, -0.15) is 16.9 Å². The average molecular weight is 240 g/mol. The fraction of sp³-hybridized carbons (Fsp3) is 0.818. The highest BCUT2D eigenvalue weighted by atomic mass is 32.2. The van der Waals surface area contributed by atoms with Crippen LogP contribution >= 0.6 is 11.8 Å². The number of hydrogen-bond donors (Lipinski definition) is 1. The van der Waals surface area contributed by atoms with E-state index in [-0.39, 0.29) is 6.04 Å². The van der Waals surface area contributed by atoms with Crippen molar-refractivity contribution in [3.63, 3.8) is 0 Å². The van der Waals surface area contributed by atoms with E-state index in [0.29, 0.717) is 0 Å². The molecule has 1 saturated carbocycles. The van der Waals surface area contributed by atoms with Crippen LogP contribution in [-0.4, -0.2) is 31.8 Å². The van der Waals surface area contributed by atoms with Gasteiger partial charge in [0.2, 0.25) is 0 Å². The van der Waals surface area contributed by atoms with Gasteiger partial charge in [-0.15, -0.1) is 0 Å². The number of hydrogen-bond acceptors (Lipinski definition) is 4. The number of nitrogens with zero attached hydrogens (tertiary/aromatic N) is 3. The molecule has 0 saturated heterocycles. The first-order chi connectivity index (χ1) is 7.75. The maximum absolute atomic E-state index is 6.11. The summed E-state index contributed by atoms with van der Waals surface area (Å²) < 4.78 is 1.81. The first-order valence-electron chi connectivity index (χ1n) is 5.96. The van der Waals surface area contributed by atoms with Crippen LogP contribution in [0, 0.1) is 0 Å². The van der Waals surface area contributed by atoms with E-state index in [1.807, 2.05) is 18.8 Å². The zero-order valence-corrected chi connectivity index (χ0v) is 10.6. The molecule has 16 heavy (non-hydrogen) atoms. The Morgan fingerprint density at radius 1 is 1.56 bits per heavy atom. The fourth-order valence-corrected chi connectivity index (χ4v) is 3.42. The lowest BCUT2D eigenvalue weighted by Gasteiger charge is -2.13. The van der Waals surface area contributed by atoms with Gasteiger partial charge in [-0.25, -0.2) is 4.98 Å². The zero-order chi connectivity index (χ0) is 11.4. The lowest BCUT2D eigenvalue weighted by Crippen LogP contribution is -2.28. The van der Waals surface area contributed by atoms with Crippen LogP contribution in [0.5, 0.6) is 0 Å². The largest absolute Gasteiger partial charge is 0.327 e. The van der Waals surface area contributed by atoms with Crippen LogP contribution in [0.2, 0.25) is 0 Å². The minimum absolute atomic E-state index is 0.202. The molecule has 0 aliphatic heterocycles. The third kappa shape index (κ3) is 3.22. The number of rotatable bonds is 5. The smallest absolute Gasteiger partial charge is 0.138 e. The molecule has 1 aromatic heterocycles. The molecule has 0 amide bonds. The monoisotopic (exact) mass is 240 g/mol. The summed E-state index contributed by atoms with van der Waals surface area (Å²) in [5, 5.41) is 4.90. The molecule has 1 aliphatic carbocycles. The predicted octanol–water partition coefficient (Wildman–Crippen LogP) is 1.36. The molecule has 90 valence electrons. The number of nitrogens with two attached hydrogens (primary N) is 1. The Hall–Kier alpha value is -0.550. The first kappa shape index (κ1) is 11.9. The Morgan fingerprint density at radius 2 is 2.31 bits per heavy atom. The summed E-state index contributed by atoms with van der Waals surface area (Å²) in [6.07, 6.45) is 7.97. The molecule has 0 spiro atoms. The van der Waals surface area contributed by atoms with E-state index in [9.17, 15) is 0 Å². The molecule has 0 aromatic carbocycles. The van der Waals surface area contributed by atoms with Gasteiger partial charge in [0, 0.05) is 30.5 Å². The van der Waals surface area contributed by atoms with Gasteiger partial charge in [-0.1, -0.05) is 12.8 Å². The van der Waals surface area contributed by atoms with Gasteiger partial charge in [0.05, 0.1) is 0 Å². The first-order valence-corrected chi connectivity index (χ1v) is 7.00. The second kappa shape index (κ2) is 5.68. The molecule has 0 bridgehead atoms. The normalized spacial score (nSPS) is 19.1. The quantitative estimate of drug-likeness (QED) is 0.844. The molecule has 1 heterocycles. The molecule has 1 aromatic rings. The standard InChI is InChI=1S/C11H20N4S/c1-15-11(13-8-14-15)6-9(12)7-16-10-4-2-3-5-10/h8-10H,2-7,12H2,1H3. The van der Waals surface area contributed by atoms with E-state index >= 15 is 0 Å². The van der Waals surface area contributed by atoms with Gasteiger partial charge in [-0.05, 0) is 12.8 Å². The van der Waals surface area contributed by atoms with E-state index in [1.54, 1.807) is 11.0 Å². The Balaban J connectivity index is 1.71. The molecule has 5 heteroatoms. The van der Waals surface area contributed by atoms with E-state index in [1.165, 1.54) is 25.7 Å².